The van der Waals surface area contributed by atoms with Crippen LogP contribution in [-0.2, 0) is 4.74 Å². The highest BCUT2D eigenvalue weighted by atomic mass is 32.1. The van der Waals surface area contributed by atoms with Crippen LogP contribution in [0.2, 0.25) is 0 Å². The van der Waals surface area contributed by atoms with Crippen LogP contribution in [0.3, 0.4) is 0 Å². The Labute approximate surface area is 143 Å². The Balaban J connectivity index is 2.26. The molecular formula is C14H10F4N2O2S2. The Morgan fingerprint density at radius 2 is 1.71 bits per heavy atom. The molecule has 0 aliphatic carbocycles. The number of esters is 1. The second kappa shape index (κ2) is 7.14. The van der Waals surface area contributed by atoms with Gasteiger partial charge in [0.05, 0.1) is 12.7 Å². The van der Waals surface area contributed by atoms with Crippen LogP contribution in [0.5, 0.6) is 0 Å². The van der Waals surface area contributed by atoms with Gasteiger partial charge in [0.1, 0.15) is 10.7 Å². The maximum atomic E-state index is 13.6. The zero-order chi connectivity index (χ0) is 18.0. The monoisotopic (exact) mass is 378 g/mol. The van der Waals surface area contributed by atoms with Crippen molar-refractivity contribution in [3.63, 3.8) is 0 Å². The first-order valence-electron chi connectivity index (χ1n) is 6.34. The molecule has 10 heteroatoms. The van der Waals surface area contributed by atoms with Gasteiger partial charge in [0.15, 0.2) is 28.4 Å². The van der Waals surface area contributed by atoms with Gasteiger partial charge >= 0.3 is 5.97 Å². The smallest absolute Gasteiger partial charge is 0.340 e. The summed E-state index contributed by atoms with van der Waals surface area (Å²) in [5.41, 5.74) is -0.909. The van der Waals surface area contributed by atoms with Crippen molar-refractivity contribution in [3.05, 3.63) is 45.8 Å². The van der Waals surface area contributed by atoms with Gasteiger partial charge in [-0.2, -0.15) is 0 Å². The van der Waals surface area contributed by atoms with Crippen molar-refractivity contribution in [3.8, 4) is 0 Å². The number of thiocarbonyl (C=S) groups is 1. The van der Waals surface area contributed by atoms with Crippen LogP contribution in [0, 0.1) is 30.2 Å². The molecule has 0 unspecified atom stereocenters. The maximum absolute atomic E-state index is 13.6. The first kappa shape index (κ1) is 18.1. The van der Waals surface area contributed by atoms with Gasteiger partial charge in [0, 0.05) is 10.9 Å². The van der Waals surface area contributed by atoms with Crippen molar-refractivity contribution in [1.82, 2.24) is 0 Å². The average molecular weight is 378 g/mol. The molecule has 24 heavy (non-hydrogen) atoms. The number of ether oxygens (including phenoxy) is 1. The third kappa shape index (κ3) is 3.65. The Morgan fingerprint density at radius 3 is 2.25 bits per heavy atom. The van der Waals surface area contributed by atoms with Crippen LogP contribution in [0.4, 0.5) is 28.3 Å². The van der Waals surface area contributed by atoms with Gasteiger partial charge < -0.3 is 15.4 Å². The number of aryl methyl sites for hydroxylation is 1. The molecule has 0 spiro atoms. The lowest BCUT2D eigenvalue weighted by Crippen LogP contribution is -2.22. The largest absolute Gasteiger partial charge is 0.465 e. The minimum atomic E-state index is -1.62. The summed E-state index contributed by atoms with van der Waals surface area (Å²) in [5, 5.41) is 4.50. The van der Waals surface area contributed by atoms with E-state index in [1.54, 1.807) is 6.92 Å². The number of hydrogen-bond donors (Lipinski definition) is 2. The molecule has 2 aromatic rings. The molecule has 1 aromatic carbocycles. The van der Waals surface area contributed by atoms with Crippen molar-refractivity contribution >= 4 is 45.3 Å². The number of carbonyl (C=O) groups excluding carboxylic acids is 1. The second-order valence-corrected chi connectivity index (χ2v) is 6.18. The van der Waals surface area contributed by atoms with E-state index < -0.39 is 34.9 Å². The van der Waals surface area contributed by atoms with E-state index >= 15 is 0 Å². The number of hydrogen-bond acceptors (Lipinski definition) is 4. The van der Waals surface area contributed by atoms with Crippen molar-refractivity contribution in [1.29, 1.82) is 0 Å². The molecule has 0 atom stereocenters. The minimum absolute atomic E-state index is 0.0876. The van der Waals surface area contributed by atoms with Gasteiger partial charge in [0.25, 0.3) is 0 Å². The summed E-state index contributed by atoms with van der Waals surface area (Å²) in [5.74, 6) is -7.01. The quantitative estimate of drug-likeness (QED) is 0.363. The Hall–Kier alpha value is -2.20. The summed E-state index contributed by atoms with van der Waals surface area (Å²) in [6.07, 6.45) is 0. The van der Waals surface area contributed by atoms with Gasteiger partial charge in [-0.1, -0.05) is 0 Å². The zero-order valence-corrected chi connectivity index (χ0v) is 13.9. The molecule has 1 aromatic heterocycles. The van der Waals surface area contributed by atoms with Gasteiger partial charge in [-0.3, -0.25) is 0 Å². The number of rotatable bonds is 3. The normalized spacial score (nSPS) is 10.4. The lowest BCUT2D eigenvalue weighted by molar-refractivity contribution is 0.0602. The summed E-state index contributed by atoms with van der Waals surface area (Å²) >= 11 is 6.01. The topological polar surface area (TPSA) is 50.4 Å². The van der Waals surface area contributed by atoms with Crippen molar-refractivity contribution in [2.24, 2.45) is 0 Å². The molecule has 0 aliphatic rings. The lowest BCUT2D eigenvalue weighted by Gasteiger charge is -2.12. The zero-order valence-electron chi connectivity index (χ0n) is 12.3. The van der Waals surface area contributed by atoms with Crippen LogP contribution >= 0.6 is 23.6 Å². The minimum Gasteiger partial charge on any atom is -0.465 e. The molecule has 1 heterocycles. The SMILES string of the molecule is COC(=O)c1cc(C)sc1NC(=S)Nc1c(F)c(F)cc(F)c1F. The molecule has 4 nitrogen and oxygen atoms in total. The van der Waals surface area contributed by atoms with Gasteiger partial charge in [-0.15, -0.1) is 11.3 Å². The molecule has 2 rings (SSSR count). The molecular weight excluding hydrogens is 368 g/mol. The predicted molar refractivity (Wildman–Crippen MR) is 86.5 cm³/mol. The molecule has 0 saturated heterocycles. The number of thiophene rings is 1. The fourth-order valence-corrected chi connectivity index (χ4v) is 2.97. The van der Waals surface area contributed by atoms with E-state index in [1.807, 2.05) is 5.32 Å². The van der Waals surface area contributed by atoms with Crippen molar-refractivity contribution < 1.29 is 27.1 Å². The molecule has 2 N–H and O–H groups in total. The van der Waals surface area contributed by atoms with Gasteiger partial charge in [-0.05, 0) is 25.2 Å². The average Bonchev–Trinajstić information content (AvgIpc) is 2.89. The second-order valence-electron chi connectivity index (χ2n) is 4.51. The molecule has 0 amide bonds. The number of carbonyl (C=O) groups is 1. The summed E-state index contributed by atoms with van der Waals surface area (Å²) in [7, 11) is 1.19. The summed E-state index contributed by atoms with van der Waals surface area (Å²) in [6, 6.07) is 1.62. The lowest BCUT2D eigenvalue weighted by atomic mass is 10.2. The number of anilines is 2. The van der Waals surface area contributed by atoms with E-state index in [0.717, 1.165) is 16.2 Å². The first-order chi connectivity index (χ1) is 11.2. The third-order valence-corrected chi connectivity index (χ3v) is 4.01. The number of nitrogens with one attached hydrogen (secondary N) is 2. The van der Waals surface area contributed by atoms with E-state index in [-0.39, 0.29) is 21.7 Å². The number of halogens is 4. The van der Waals surface area contributed by atoms with Crippen LogP contribution in [-0.4, -0.2) is 18.2 Å². The highest BCUT2D eigenvalue weighted by Crippen LogP contribution is 2.29. The van der Waals surface area contributed by atoms with Crippen molar-refractivity contribution in [2.45, 2.75) is 6.92 Å². The Morgan fingerprint density at radius 1 is 1.12 bits per heavy atom. The van der Waals surface area contributed by atoms with Gasteiger partial charge in [-0.25, -0.2) is 22.4 Å². The summed E-state index contributed by atoms with van der Waals surface area (Å²) < 4.78 is 58.2. The maximum Gasteiger partial charge on any atom is 0.340 e. The fraction of sp³-hybridized carbons (Fsp3) is 0.143. The highest BCUT2D eigenvalue weighted by molar-refractivity contribution is 7.80. The van der Waals surface area contributed by atoms with Crippen LogP contribution in [0.25, 0.3) is 0 Å². The fourth-order valence-electron chi connectivity index (χ4n) is 1.80. The first-order valence-corrected chi connectivity index (χ1v) is 7.56. The van der Waals surface area contributed by atoms with E-state index in [1.165, 1.54) is 13.2 Å². The summed E-state index contributed by atoms with van der Waals surface area (Å²) in [4.78, 5) is 12.4. The summed E-state index contributed by atoms with van der Waals surface area (Å²) in [6.45, 7) is 1.72. The molecule has 0 radical (unpaired) electrons. The number of benzene rings is 1. The standard InChI is InChI=1S/C14H10F4N2O2S2/c1-5-3-6(13(21)22-2)12(24-5)20-14(23)19-11-9(17)7(15)4-8(16)10(11)18/h3-4H,1-2H3,(H2,19,20,23). The third-order valence-electron chi connectivity index (χ3n) is 2.84. The van der Waals surface area contributed by atoms with Crippen LogP contribution < -0.4 is 10.6 Å². The van der Waals surface area contributed by atoms with E-state index in [2.05, 4.69) is 10.1 Å². The molecule has 0 bridgehead atoms. The Kier molecular flexibility index (Phi) is 5.40. The molecule has 0 aliphatic heterocycles. The number of methoxy groups -OCH3 is 1. The van der Waals surface area contributed by atoms with Crippen LogP contribution in [0.1, 0.15) is 15.2 Å². The van der Waals surface area contributed by atoms with Crippen molar-refractivity contribution in [2.75, 3.05) is 17.7 Å². The van der Waals surface area contributed by atoms with E-state index in [4.69, 9.17) is 12.2 Å². The van der Waals surface area contributed by atoms with E-state index in [9.17, 15) is 22.4 Å². The van der Waals surface area contributed by atoms with E-state index in [0.29, 0.717) is 0 Å². The molecule has 0 fully saturated rings. The van der Waals surface area contributed by atoms with Gasteiger partial charge in [0.2, 0.25) is 0 Å². The highest BCUT2D eigenvalue weighted by Gasteiger charge is 2.21. The Bertz CT molecular complexity index is 797. The van der Waals surface area contributed by atoms with Crippen LogP contribution in [0.15, 0.2) is 12.1 Å². The molecule has 128 valence electrons. The molecule has 0 saturated carbocycles. The predicted octanol–water partition coefficient (Wildman–Crippen LogP) is 4.21.